The second-order valence-electron chi connectivity index (χ2n) is 9.29. The van der Waals surface area contributed by atoms with Crippen molar-refractivity contribution in [1.29, 1.82) is 0 Å². The van der Waals surface area contributed by atoms with E-state index in [2.05, 4.69) is 4.98 Å². The molecule has 3 unspecified atom stereocenters. The highest BCUT2D eigenvalue weighted by molar-refractivity contribution is 6.09. The maximum absolute atomic E-state index is 13.5. The summed E-state index contributed by atoms with van der Waals surface area (Å²) < 4.78 is 5.88. The molecular weight excluding hydrogens is 416 g/mol. The normalized spacial score (nSPS) is 25.5. The number of Topliss-reactive ketones (excluding diaryl/α,β-unsaturated/α-hetero) is 1. The number of carbonyl (C=O) groups is 2. The number of esters is 1. The number of hydrogen-bond acceptors (Lipinski definition) is 6. The van der Waals surface area contributed by atoms with Gasteiger partial charge >= 0.3 is 5.97 Å². The number of ketones is 1. The Bertz CT molecular complexity index is 1130. The largest absolute Gasteiger partial charge is 0.508 e. The molecule has 1 aromatic heterocycles. The van der Waals surface area contributed by atoms with Gasteiger partial charge in [0.05, 0.1) is 0 Å². The minimum atomic E-state index is -0.679. The minimum absolute atomic E-state index is 0.0184. The number of nitrogens with zero attached hydrogens (tertiary/aromatic N) is 2. The lowest BCUT2D eigenvalue weighted by Gasteiger charge is -2.36. The van der Waals surface area contributed by atoms with Crippen LogP contribution < -0.4 is 0 Å². The van der Waals surface area contributed by atoms with E-state index in [0.29, 0.717) is 24.1 Å². The van der Waals surface area contributed by atoms with Gasteiger partial charge in [0.2, 0.25) is 0 Å². The minimum Gasteiger partial charge on any atom is -0.508 e. The number of aromatic nitrogens is 1. The smallest absolute Gasteiger partial charge is 0.315 e. The SMILES string of the molecule is CC1=NC2=C(C(=O)CC(c3ccccn3)C2)C(c2cccc(O)c2)C1C(=O)OC1CCCC1. The molecule has 0 radical (unpaired) electrons. The molecule has 3 aliphatic rings. The van der Waals surface area contributed by atoms with Gasteiger partial charge in [0.15, 0.2) is 5.78 Å². The van der Waals surface area contributed by atoms with Crippen LogP contribution in [0.1, 0.15) is 68.5 Å². The molecule has 6 heteroatoms. The highest BCUT2D eigenvalue weighted by atomic mass is 16.5. The van der Waals surface area contributed by atoms with Gasteiger partial charge in [0.1, 0.15) is 17.8 Å². The topological polar surface area (TPSA) is 88.9 Å². The van der Waals surface area contributed by atoms with E-state index in [1.54, 1.807) is 24.4 Å². The Morgan fingerprint density at radius 2 is 1.91 bits per heavy atom. The van der Waals surface area contributed by atoms with Gasteiger partial charge in [0.25, 0.3) is 0 Å². The van der Waals surface area contributed by atoms with Gasteiger partial charge in [-0.25, -0.2) is 0 Å². The summed E-state index contributed by atoms with van der Waals surface area (Å²) in [5.74, 6) is -1.48. The average molecular weight is 445 g/mol. The predicted octanol–water partition coefficient (Wildman–Crippen LogP) is 4.85. The molecule has 170 valence electrons. The molecule has 1 fully saturated rings. The van der Waals surface area contributed by atoms with Gasteiger partial charge < -0.3 is 9.84 Å². The number of aromatic hydroxyl groups is 1. The summed E-state index contributed by atoms with van der Waals surface area (Å²) in [6.07, 6.45) is 6.47. The van der Waals surface area contributed by atoms with Crippen LogP contribution in [0, 0.1) is 5.92 Å². The van der Waals surface area contributed by atoms with Crippen molar-refractivity contribution in [3.05, 3.63) is 71.2 Å². The zero-order valence-electron chi connectivity index (χ0n) is 18.7. The first kappa shape index (κ1) is 21.6. The van der Waals surface area contributed by atoms with Crippen LogP contribution in [0.5, 0.6) is 5.75 Å². The molecule has 5 rings (SSSR count). The third-order valence-corrected chi connectivity index (χ3v) is 7.06. The number of phenolic OH excluding ortho intramolecular Hbond substituents is 1. The number of carbonyl (C=O) groups excluding carboxylic acids is 2. The van der Waals surface area contributed by atoms with Gasteiger partial charge in [-0.3, -0.25) is 19.6 Å². The zero-order chi connectivity index (χ0) is 22.9. The Kier molecular flexibility index (Phi) is 5.83. The Morgan fingerprint density at radius 3 is 2.64 bits per heavy atom. The second kappa shape index (κ2) is 8.93. The summed E-state index contributed by atoms with van der Waals surface area (Å²) in [6, 6.07) is 12.6. The van der Waals surface area contributed by atoms with E-state index >= 15 is 0 Å². The number of benzene rings is 1. The molecule has 1 aliphatic heterocycles. The molecule has 1 aromatic carbocycles. The van der Waals surface area contributed by atoms with Gasteiger partial charge in [0, 0.05) is 47.1 Å². The molecule has 2 heterocycles. The Hall–Kier alpha value is -3.28. The van der Waals surface area contributed by atoms with E-state index in [4.69, 9.17) is 9.73 Å². The molecule has 0 spiro atoms. The van der Waals surface area contributed by atoms with Crippen LogP contribution in [0.15, 0.2) is 64.9 Å². The number of hydrogen-bond donors (Lipinski definition) is 1. The molecule has 2 aliphatic carbocycles. The summed E-state index contributed by atoms with van der Waals surface area (Å²) in [7, 11) is 0. The quantitative estimate of drug-likeness (QED) is 0.681. The fourth-order valence-corrected chi connectivity index (χ4v) is 5.51. The Morgan fingerprint density at radius 1 is 1.09 bits per heavy atom. The monoisotopic (exact) mass is 444 g/mol. The van der Waals surface area contributed by atoms with E-state index in [1.807, 2.05) is 31.2 Å². The van der Waals surface area contributed by atoms with Crippen LogP contribution in [0.3, 0.4) is 0 Å². The summed E-state index contributed by atoms with van der Waals surface area (Å²) in [5.41, 5.74) is 3.56. The highest BCUT2D eigenvalue weighted by Gasteiger charge is 2.45. The molecule has 3 atom stereocenters. The third kappa shape index (κ3) is 4.22. The van der Waals surface area contributed by atoms with Gasteiger partial charge in [-0.1, -0.05) is 18.2 Å². The first-order valence-corrected chi connectivity index (χ1v) is 11.7. The van der Waals surface area contributed by atoms with Crippen molar-refractivity contribution in [3.63, 3.8) is 0 Å². The Labute approximate surface area is 193 Å². The number of ether oxygens (including phenoxy) is 1. The molecule has 33 heavy (non-hydrogen) atoms. The van der Waals surface area contributed by atoms with E-state index < -0.39 is 11.8 Å². The van der Waals surface area contributed by atoms with E-state index in [1.165, 1.54) is 0 Å². The van der Waals surface area contributed by atoms with Crippen molar-refractivity contribution in [1.82, 2.24) is 4.98 Å². The molecular formula is C27H28N2O4. The van der Waals surface area contributed by atoms with Crippen molar-refractivity contribution in [2.45, 2.75) is 63.4 Å². The lowest BCUT2D eigenvalue weighted by molar-refractivity contribution is -0.151. The number of pyridine rings is 1. The molecule has 2 aromatic rings. The molecule has 6 nitrogen and oxygen atoms in total. The maximum Gasteiger partial charge on any atom is 0.315 e. The van der Waals surface area contributed by atoms with Crippen molar-refractivity contribution in [3.8, 4) is 5.75 Å². The summed E-state index contributed by atoms with van der Waals surface area (Å²) in [6.45, 7) is 1.84. The number of aliphatic imine (C=N–C) groups is 1. The maximum atomic E-state index is 13.5. The first-order chi connectivity index (χ1) is 16.0. The standard InChI is InChI=1S/C27H28N2O4/c1-16-24(27(32)33-20-9-2-3-10-20)25(17-7-6-8-19(30)13-17)26-22(29-16)14-18(15-23(26)31)21-11-4-5-12-28-21/h4-8,11-13,18,20,24-25,30H,2-3,9-10,14-15H2,1H3. The van der Waals surface area contributed by atoms with Crippen LogP contribution in [0.4, 0.5) is 0 Å². The number of phenols is 1. The Balaban J connectivity index is 1.55. The van der Waals surface area contributed by atoms with Crippen LogP contribution in [-0.2, 0) is 14.3 Å². The first-order valence-electron chi connectivity index (χ1n) is 11.7. The molecule has 1 N–H and O–H groups in total. The van der Waals surface area contributed by atoms with E-state index in [9.17, 15) is 14.7 Å². The fourth-order valence-electron chi connectivity index (χ4n) is 5.51. The van der Waals surface area contributed by atoms with Crippen LogP contribution >= 0.6 is 0 Å². The highest BCUT2D eigenvalue weighted by Crippen LogP contribution is 2.47. The third-order valence-electron chi connectivity index (χ3n) is 7.06. The zero-order valence-corrected chi connectivity index (χ0v) is 18.7. The second-order valence-corrected chi connectivity index (χ2v) is 9.29. The predicted molar refractivity (Wildman–Crippen MR) is 124 cm³/mol. The van der Waals surface area contributed by atoms with Crippen molar-refractivity contribution >= 4 is 17.5 Å². The molecule has 0 amide bonds. The van der Waals surface area contributed by atoms with E-state index in [-0.39, 0.29) is 29.5 Å². The van der Waals surface area contributed by atoms with Crippen molar-refractivity contribution in [2.75, 3.05) is 0 Å². The lowest BCUT2D eigenvalue weighted by atomic mass is 9.69. The van der Waals surface area contributed by atoms with Crippen LogP contribution in [0.25, 0.3) is 0 Å². The number of allylic oxidation sites excluding steroid dienone is 2. The summed E-state index contributed by atoms with van der Waals surface area (Å²) >= 11 is 0. The number of rotatable bonds is 4. The van der Waals surface area contributed by atoms with Crippen molar-refractivity contribution in [2.24, 2.45) is 10.9 Å². The molecule has 0 saturated heterocycles. The molecule has 1 saturated carbocycles. The lowest BCUT2D eigenvalue weighted by Crippen LogP contribution is -2.39. The van der Waals surface area contributed by atoms with Crippen LogP contribution in [-0.4, -0.2) is 33.7 Å². The van der Waals surface area contributed by atoms with E-state index in [0.717, 1.165) is 42.6 Å². The van der Waals surface area contributed by atoms with Gasteiger partial charge in [-0.15, -0.1) is 0 Å². The summed E-state index contributed by atoms with van der Waals surface area (Å²) in [4.78, 5) is 36.2. The van der Waals surface area contributed by atoms with Crippen LogP contribution in [0.2, 0.25) is 0 Å². The van der Waals surface area contributed by atoms with Gasteiger partial charge in [-0.05, 0) is 68.9 Å². The fraction of sp³-hybridized carbons (Fsp3) is 0.407. The van der Waals surface area contributed by atoms with Gasteiger partial charge in [-0.2, -0.15) is 0 Å². The molecule has 0 bridgehead atoms. The average Bonchev–Trinajstić information content (AvgIpc) is 3.31. The summed E-state index contributed by atoms with van der Waals surface area (Å²) in [5, 5.41) is 10.2. The van der Waals surface area contributed by atoms with Crippen molar-refractivity contribution < 1.29 is 19.4 Å².